The summed E-state index contributed by atoms with van der Waals surface area (Å²) in [5.41, 5.74) is 12.5. The molecule has 0 aromatic heterocycles. The molecular formula is C45H48N6O6Si. The number of nitrogens with one attached hydrogen (secondary N) is 1. The van der Waals surface area contributed by atoms with Gasteiger partial charge in [-0.1, -0.05) is 178 Å². The zero-order chi connectivity index (χ0) is 40.8. The normalized spacial score (nSPS) is 15.1. The maximum atomic E-state index is 13.8. The van der Waals surface area contributed by atoms with Gasteiger partial charge in [-0.25, -0.2) is 19.5 Å². The third-order valence-electron chi connectivity index (χ3n) is 9.90. The van der Waals surface area contributed by atoms with Gasteiger partial charge >= 0.3 is 12.2 Å². The van der Waals surface area contributed by atoms with Gasteiger partial charge in [0.1, 0.15) is 13.2 Å². The molecule has 0 saturated heterocycles. The Kier molecular flexibility index (Phi) is 14.1. The first-order valence-corrected chi connectivity index (χ1v) is 21.1. The van der Waals surface area contributed by atoms with Gasteiger partial charge in [-0.15, -0.1) is 0 Å². The molecule has 298 valence electrons. The molecule has 1 N–H and O–H groups in total. The van der Waals surface area contributed by atoms with Crippen LogP contribution in [0, 0.1) is 0 Å². The standard InChI is InChI=1S/C45H48N6O6Si/c1-45(2,3)58(37-25-15-7-16-26-37,38-27-17-8-18-28-38)57-33-40(49-50-46)41(54-30-34-19-9-4-10-20-34)39-29-51(44(53)56-32-36-23-13-6-14-24-36)42(47-39)48-43(52)55-31-35-21-11-5-12-22-35/h4-28,39-41H,29-33H2,1-3H3,(H,47,48,52)/t39-,40-,41-/m0/s1. The summed E-state index contributed by atoms with van der Waals surface area (Å²) in [5.74, 6) is -0.0815. The van der Waals surface area contributed by atoms with Crippen molar-refractivity contribution in [1.29, 1.82) is 0 Å². The van der Waals surface area contributed by atoms with Crippen LogP contribution in [0.25, 0.3) is 10.4 Å². The minimum Gasteiger partial charge on any atom is -0.444 e. The minimum absolute atomic E-state index is 0.00316. The third-order valence-corrected chi connectivity index (χ3v) is 14.9. The van der Waals surface area contributed by atoms with E-state index in [2.05, 4.69) is 60.4 Å². The molecule has 0 spiro atoms. The lowest BCUT2D eigenvalue weighted by Gasteiger charge is -2.44. The van der Waals surface area contributed by atoms with Crippen molar-refractivity contribution in [2.45, 2.75) is 63.8 Å². The van der Waals surface area contributed by atoms with Crippen molar-refractivity contribution < 1.29 is 28.2 Å². The number of benzene rings is 5. The van der Waals surface area contributed by atoms with Crippen LogP contribution in [0.1, 0.15) is 37.5 Å². The first-order valence-electron chi connectivity index (χ1n) is 19.2. The number of carbonyl (C=O) groups excluding carboxylic acids is 2. The van der Waals surface area contributed by atoms with Crippen LogP contribution in [-0.4, -0.2) is 62.7 Å². The Bertz CT molecular complexity index is 2110. The van der Waals surface area contributed by atoms with Crippen LogP contribution in [-0.2, 0) is 38.5 Å². The molecule has 1 heterocycles. The lowest BCUT2D eigenvalue weighted by atomic mass is 10.0. The molecular weight excluding hydrogens is 749 g/mol. The fraction of sp³-hybridized carbons (Fsp3) is 0.267. The molecule has 5 aromatic rings. The van der Waals surface area contributed by atoms with E-state index >= 15 is 0 Å². The van der Waals surface area contributed by atoms with Crippen molar-refractivity contribution in [3.8, 4) is 0 Å². The van der Waals surface area contributed by atoms with Gasteiger partial charge in [0, 0.05) is 11.5 Å². The van der Waals surface area contributed by atoms with Gasteiger partial charge in [0.15, 0.2) is 0 Å². The van der Waals surface area contributed by atoms with Gasteiger partial charge in [0.25, 0.3) is 8.32 Å². The predicted molar refractivity (Wildman–Crippen MR) is 226 cm³/mol. The van der Waals surface area contributed by atoms with Gasteiger partial charge in [-0.3, -0.25) is 5.32 Å². The number of hydrogen-bond acceptors (Lipinski definition) is 8. The summed E-state index contributed by atoms with van der Waals surface area (Å²) in [7, 11) is -3.09. The molecule has 5 aromatic carbocycles. The molecule has 0 saturated carbocycles. The van der Waals surface area contributed by atoms with Crippen LogP contribution in [0.4, 0.5) is 9.59 Å². The first kappa shape index (κ1) is 41.4. The van der Waals surface area contributed by atoms with Crippen LogP contribution in [0.2, 0.25) is 5.04 Å². The average molecular weight is 797 g/mol. The Balaban J connectivity index is 1.34. The molecule has 1 aliphatic heterocycles. The third kappa shape index (κ3) is 10.4. The lowest BCUT2D eigenvalue weighted by molar-refractivity contribution is -0.00341. The van der Waals surface area contributed by atoms with Crippen molar-refractivity contribution in [3.63, 3.8) is 0 Å². The number of guanidine groups is 1. The zero-order valence-corrected chi connectivity index (χ0v) is 33.9. The van der Waals surface area contributed by atoms with Gasteiger partial charge < -0.3 is 18.6 Å². The number of nitrogens with zero attached hydrogens (tertiary/aromatic N) is 5. The van der Waals surface area contributed by atoms with Crippen molar-refractivity contribution >= 4 is 36.8 Å². The van der Waals surface area contributed by atoms with Gasteiger partial charge in [-0.2, -0.15) is 0 Å². The van der Waals surface area contributed by atoms with E-state index in [0.29, 0.717) is 0 Å². The molecule has 58 heavy (non-hydrogen) atoms. The van der Waals surface area contributed by atoms with E-state index in [1.165, 1.54) is 4.90 Å². The fourth-order valence-electron chi connectivity index (χ4n) is 7.10. The van der Waals surface area contributed by atoms with Crippen LogP contribution in [0.15, 0.2) is 162 Å². The molecule has 13 heteroatoms. The Labute approximate surface area is 340 Å². The zero-order valence-electron chi connectivity index (χ0n) is 32.9. The van der Waals surface area contributed by atoms with E-state index < -0.39 is 38.7 Å². The van der Waals surface area contributed by atoms with Crippen LogP contribution in [0.3, 0.4) is 0 Å². The van der Waals surface area contributed by atoms with E-state index in [1.807, 2.05) is 127 Å². The number of rotatable bonds is 15. The summed E-state index contributed by atoms with van der Waals surface area (Å²) in [6, 6.07) is 46.7. The Morgan fingerprint density at radius 1 is 0.759 bits per heavy atom. The number of azide groups is 1. The summed E-state index contributed by atoms with van der Waals surface area (Å²) in [6.07, 6.45) is -2.47. The highest BCUT2D eigenvalue weighted by Gasteiger charge is 2.51. The largest absolute Gasteiger partial charge is 0.444 e. The van der Waals surface area contributed by atoms with Crippen LogP contribution in [0.5, 0.6) is 0 Å². The van der Waals surface area contributed by atoms with Gasteiger partial charge in [-0.05, 0) is 37.6 Å². The Hall–Kier alpha value is -6.24. The van der Waals surface area contributed by atoms with E-state index in [9.17, 15) is 15.1 Å². The van der Waals surface area contributed by atoms with E-state index in [0.717, 1.165) is 27.1 Å². The molecule has 0 bridgehead atoms. The lowest BCUT2D eigenvalue weighted by Crippen LogP contribution is -2.67. The maximum absolute atomic E-state index is 13.8. The van der Waals surface area contributed by atoms with E-state index in [-0.39, 0.29) is 44.0 Å². The first-order chi connectivity index (χ1) is 28.2. The second-order valence-corrected chi connectivity index (χ2v) is 19.2. The van der Waals surface area contributed by atoms with Crippen molar-refractivity contribution in [2.24, 2.45) is 10.1 Å². The van der Waals surface area contributed by atoms with Crippen molar-refractivity contribution in [2.75, 3.05) is 13.2 Å². The fourth-order valence-corrected chi connectivity index (χ4v) is 11.7. The summed E-state index contributed by atoms with van der Waals surface area (Å²) in [4.78, 5) is 36.4. The van der Waals surface area contributed by atoms with Crippen LogP contribution >= 0.6 is 0 Å². The number of hydrogen-bond donors (Lipinski definition) is 1. The molecule has 1 aliphatic rings. The van der Waals surface area contributed by atoms with Gasteiger partial charge in [0.2, 0.25) is 5.96 Å². The number of amides is 2. The molecule has 0 fully saturated rings. The molecule has 12 nitrogen and oxygen atoms in total. The number of alkyl carbamates (subject to hydrolysis) is 1. The minimum atomic E-state index is -3.09. The SMILES string of the molecule is CC(C)(C)[Si](OC[C@H](N=[N+]=[N-])[C@@H](OCc1ccccc1)[C@@H]1CN(C(=O)OCc2ccccc2)C(NC(=O)OCc2ccccc2)=N1)(c1ccccc1)c1ccccc1. The van der Waals surface area contributed by atoms with E-state index in [1.54, 1.807) is 0 Å². The molecule has 3 atom stereocenters. The van der Waals surface area contributed by atoms with Gasteiger partial charge in [0.05, 0.1) is 31.3 Å². The second kappa shape index (κ2) is 19.8. The number of aliphatic imine (C=N–C) groups is 1. The summed E-state index contributed by atoms with van der Waals surface area (Å²) >= 11 is 0. The smallest absolute Gasteiger partial charge is 0.417 e. The predicted octanol–water partition coefficient (Wildman–Crippen LogP) is 8.13. The van der Waals surface area contributed by atoms with Crippen molar-refractivity contribution in [1.82, 2.24) is 10.2 Å². The Morgan fingerprint density at radius 2 is 1.22 bits per heavy atom. The molecule has 0 aliphatic carbocycles. The average Bonchev–Trinajstić information content (AvgIpc) is 3.66. The monoisotopic (exact) mass is 796 g/mol. The molecule has 6 rings (SSSR count). The highest BCUT2D eigenvalue weighted by atomic mass is 28.4. The number of ether oxygens (including phenoxy) is 3. The topological polar surface area (TPSA) is 147 Å². The summed E-state index contributed by atoms with van der Waals surface area (Å²) in [6.45, 7) is 6.56. The highest BCUT2D eigenvalue weighted by Crippen LogP contribution is 2.37. The molecule has 0 unspecified atom stereocenters. The summed E-state index contributed by atoms with van der Waals surface area (Å²) in [5, 5.41) is 8.70. The second-order valence-electron chi connectivity index (χ2n) is 14.9. The molecule has 2 amide bonds. The Morgan fingerprint density at radius 3 is 1.71 bits per heavy atom. The number of carbonyl (C=O) groups is 2. The van der Waals surface area contributed by atoms with Crippen molar-refractivity contribution in [3.05, 3.63) is 179 Å². The maximum Gasteiger partial charge on any atom is 0.417 e. The highest BCUT2D eigenvalue weighted by molar-refractivity contribution is 6.99. The molecule has 0 radical (unpaired) electrons. The van der Waals surface area contributed by atoms with Crippen LogP contribution < -0.4 is 15.7 Å². The summed E-state index contributed by atoms with van der Waals surface area (Å²) < 4.78 is 25.1. The van der Waals surface area contributed by atoms with E-state index in [4.69, 9.17) is 23.6 Å². The quantitative estimate of drug-likeness (QED) is 0.0490.